The van der Waals surface area contributed by atoms with E-state index < -0.39 is 10.9 Å². The van der Waals surface area contributed by atoms with Gasteiger partial charge in [0.1, 0.15) is 12.2 Å². The number of rotatable bonds is 3. The van der Waals surface area contributed by atoms with E-state index in [0.717, 1.165) is 0 Å². The maximum Gasteiger partial charge on any atom is 0.311 e. The predicted octanol–water partition coefficient (Wildman–Crippen LogP) is 0.573. The summed E-state index contributed by atoms with van der Waals surface area (Å²) in [6.45, 7) is 1.59. The van der Waals surface area contributed by atoms with Crippen molar-refractivity contribution < 1.29 is 14.8 Å². The molecule has 0 aliphatic heterocycles. The molecule has 88 valence electrons. The molecule has 0 unspecified atom stereocenters. The van der Waals surface area contributed by atoms with E-state index in [1.54, 1.807) is 6.92 Å². The van der Waals surface area contributed by atoms with Gasteiger partial charge in [-0.1, -0.05) is 0 Å². The summed E-state index contributed by atoms with van der Waals surface area (Å²) in [4.78, 5) is 20.8. The van der Waals surface area contributed by atoms with E-state index in [0.29, 0.717) is 11.2 Å². The van der Waals surface area contributed by atoms with Crippen LogP contribution in [0.2, 0.25) is 0 Å². The van der Waals surface area contributed by atoms with Gasteiger partial charge in [-0.15, -0.1) is 10.2 Å². The van der Waals surface area contributed by atoms with Gasteiger partial charge < -0.3 is 5.11 Å². The fraction of sp³-hybridized carbons (Fsp3) is 0.222. The number of aliphatic carboxylic acids is 1. The van der Waals surface area contributed by atoms with Crippen molar-refractivity contribution in [2.24, 2.45) is 0 Å². The summed E-state index contributed by atoms with van der Waals surface area (Å²) in [7, 11) is 0. The van der Waals surface area contributed by atoms with Crippen molar-refractivity contribution >= 4 is 17.3 Å². The third kappa shape index (κ3) is 1.92. The topological polar surface area (TPSA) is 111 Å². The molecule has 2 aromatic rings. The molecule has 0 saturated heterocycles. The van der Waals surface area contributed by atoms with Crippen LogP contribution < -0.4 is 0 Å². The minimum absolute atomic E-state index is 0.0936. The van der Waals surface area contributed by atoms with E-state index >= 15 is 0 Å². The van der Waals surface area contributed by atoms with Crippen LogP contribution >= 0.6 is 0 Å². The van der Waals surface area contributed by atoms with Crippen LogP contribution in [0.3, 0.4) is 0 Å². The highest BCUT2D eigenvalue weighted by Crippen LogP contribution is 2.19. The minimum Gasteiger partial charge on any atom is -0.481 e. The van der Waals surface area contributed by atoms with Gasteiger partial charge in [0.05, 0.1) is 11.1 Å². The molecule has 0 fully saturated rings. The molecule has 2 aromatic heterocycles. The summed E-state index contributed by atoms with van der Waals surface area (Å²) in [5, 5.41) is 26.9. The third-order valence-corrected chi connectivity index (χ3v) is 2.30. The number of hydrogen-bond donors (Lipinski definition) is 1. The maximum absolute atomic E-state index is 10.8. The van der Waals surface area contributed by atoms with Crippen LogP contribution in [0.25, 0.3) is 5.65 Å². The fourth-order valence-corrected chi connectivity index (χ4v) is 1.52. The lowest BCUT2D eigenvalue weighted by Crippen LogP contribution is -2.05. The molecule has 0 bridgehead atoms. The highest BCUT2D eigenvalue weighted by Gasteiger charge is 2.16. The van der Waals surface area contributed by atoms with E-state index in [2.05, 4.69) is 10.2 Å². The quantitative estimate of drug-likeness (QED) is 0.616. The average Bonchev–Trinajstić information content (AvgIpc) is 2.58. The average molecular weight is 236 g/mol. The van der Waals surface area contributed by atoms with E-state index in [1.165, 1.54) is 16.7 Å². The van der Waals surface area contributed by atoms with Crippen molar-refractivity contribution in [2.75, 3.05) is 0 Å². The number of carboxylic acids is 1. The highest BCUT2D eigenvalue weighted by atomic mass is 16.6. The van der Waals surface area contributed by atoms with E-state index in [9.17, 15) is 14.9 Å². The summed E-state index contributed by atoms with van der Waals surface area (Å²) in [5.41, 5.74) is 0.755. The van der Waals surface area contributed by atoms with Gasteiger partial charge in [-0.05, 0) is 13.0 Å². The molecular weight excluding hydrogens is 228 g/mol. The molecule has 2 rings (SSSR count). The molecule has 1 N–H and O–H groups in total. The largest absolute Gasteiger partial charge is 0.481 e. The molecule has 0 spiro atoms. The van der Waals surface area contributed by atoms with Gasteiger partial charge >= 0.3 is 5.97 Å². The molecule has 17 heavy (non-hydrogen) atoms. The van der Waals surface area contributed by atoms with Gasteiger partial charge in [0.15, 0.2) is 5.65 Å². The summed E-state index contributed by atoms with van der Waals surface area (Å²) in [6.07, 6.45) is 0.907. The zero-order chi connectivity index (χ0) is 12.6. The Hall–Kier alpha value is -2.51. The standard InChI is InChI=1S/C9H8N4O4/c1-5-2-7-10-11-8(3-9(14)15)12(7)4-6(5)13(16)17/h2,4H,3H2,1H3,(H,14,15). The number of aryl methyl sites for hydroxylation is 1. The number of nitro groups is 1. The lowest BCUT2D eigenvalue weighted by atomic mass is 10.2. The summed E-state index contributed by atoms with van der Waals surface area (Å²) in [5.74, 6) is -0.905. The van der Waals surface area contributed by atoms with Gasteiger partial charge in [0, 0.05) is 5.56 Å². The first-order chi connectivity index (χ1) is 7.99. The van der Waals surface area contributed by atoms with Crippen LogP contribution in [0, 0.1) is 17.0 Å². The fourth-order valence-electron chi connectivity index (χ4n) is 1.52. The van der Waals surface area contributed by atoms with Crippen LogP contribution in [-0.2, 0) is 11.2 Å². The molecule has 0 atom stereocenters. The molecule has 0 radical (unpaired) electrons. The molecular formula is C9H8N4O4. The minimum atomic E-state index is -1.07. The van der Waals surface area contributed by atoms with E-state index in [1.807, 2.05) is 0 Å². The number of carbonyl (C=O) groups is 1. The smallest absolute Gasteiger partial charge is 0.311 e. The Balaban J connectivity index is 2.63. The lowest BCUT2D eigenvalue weighted by molar-refractivity contribution is -0.385. The molecule has 0 saturated carbocycles. The number of aromatic nitrogens is 3. The lowest BCUT2D eigenvalue weighted by Gasteiger charge is -2.00. The van der Waals surface area contributed by atoms with Crippen molar-refractivity contribution in [2.45, 2.75) is 13.3 Å². The number of carboxylic acid groups (broad SMARTS) is 1. The second-order valence-electron chi connectivity index (χ2n) is 3.51. The molecule has 8 nitrogen and oxygen atoms in total. The van der Waals surface area contributed by atoms with Crippen LogP contribution in [0.5, 0.6) is 0 Å². The molecule has 8 heteroatoms. The number of nitrogens with zero attached hydrogens (tertiary/aromatic N) is 4. The van der Waals surface area contributed by atoms with Crippen molar-refractivity contribution in [1.82, 2.24) is 14.6 Å². The van der Waals surface area contributed by atoms with Crippen molar-refractivity contribution in [3.63, 3.8) is 0 Å². The molecule has 2 heterocycles. The highest BCUT2D eigenvalue weighted by molar-refractivity contribution is 5.69. The third-order valence-electron chi connectivity index (χ3n) is 2.30. The summed E-state index contributed by atoms with van der Waals surface area (Å²) >= 11 is 0. The molecule has 0 aromatic carbocycles. The van der Waals surface area contributed by atoms with Crippen molar-refractivity contribution in [1.29, 1.82) is 0 Å². The Labute approximate surface area is 94.7 Å². The van der Waals surface area contributed by atoms with Gasteiger partial charge in [-0.2, -0.15) is 0 Å². The van der Waals surface area contributed by atoms with Crippen molar-refractivity contribution in [3.8, 4) is 0 Å². The normalized spacial score (nSPS) is 10.6. The first-order valence-corrected chi connectivity index (χ1v) is 4.69. The zero-order valence-electron chi connectivity index (χ0n) is 8.82. The Kier molecular flexibility index (Phi) is 2.47. The van der Waals surface area contributed by atoms with Crippen molar-refractivity contribution in [3.05, 3.63) is 33.8 Å². The molecule has 0 amide bonds. The van der Waals surface area contributed by atoms with E-state index in [4.69, 9.17) is 5.11 Å². The Morgan fingerprint density at radius 2 is 2.29 bits per heavy atom. The maximum atomic E-state index is 10.8. The first kappa shape index (κ1) is 11.0. The Morgan fingerprint density at radius 1 is 1.59 bits per heavy atom. The number of hydrogen-bond acceptors (Lipinski definition) is 5. The van der Waals surface area contributed by atoms with Gasteiger partial charge in [0.25, 0.3) is 5.69 Å². The second-order valence-corrected chi connectivity index (χ2v) is 3.51. The van der Waals surface area contributed by atoms with E-state index in [-0.39, 0.29) is 17.9 Å². The van der Waals surface area contributed by atoms with Crippen LogP contribution in [0.1, 0.15) is 11.4 Å². The number of fused-ring (bicyclic) bond motifs is 1. The van der Waals surface area contributed by atoms with Gasteiger partial charge in [0.2, 0.25) is 0 Å². The van der Waals surface area contributed by atoms with Crippen LogP contribution in [0.4, 0.5) is 5.69 Å². The van der Waals surface area contributed by atoms with Crippen LogP contribution in [0.15, 0.2) is 12.3 Å². The monoisotopic (exact) mass is 236 g/mol. The molecule has 0 aliphatic carbocycles. The van der Waals surface area contributed by atoms with Gasteiger partial charge in [-0.25, -0.2) is 0 Å². The Bertz CT molecular complexity index is 619. The molecule has 0 aliphatic rings. The Morgan fingerprint density at radius 3 is 2.88 bits per heavy atom. The SMILES string of the molecule is Cc1cc2nnc(CC(=O)O)n2cc1[N+](=O)[O-]. The summed E-state index contributed by atoms with van der Waals surface area (Å²) < 4.78 is 1.32. The summed E-state index contributed by atoms with van der Waals surface area (Å²) in [6, 6.07) is 1.50. The second kappa shape index (κ2) is 3.81. The zero-order valence-corrected chi connectivity index (χ0v) is 8.82. The van der Waals surface area contributed by atoms with Gasteiger partial charge in [-0.3, -0.25) is 19.3 Å². The van der Waals surface area contributed by atoms with Crippen LogP contribution in [-0.4, -0.2) is 30.6 Å². The predicted molar refractivity (Wildman–Crippen MR) is 55.7 cm³/mol. The first-order valence-electron chi connectivity index (χ1n) is 4.69. The number of pyridine rings is 1.